The molecule has 0 amide bonds. The summed E-state index contributed by atoms with van der Waals surface area (Å²) in [6.07, 6.45) is 33.3. The molecule has 1 unspecified atom stereocenters. The number of benzene rings is 3. The minimum absolute atomic E-state index is 0.101. The van der Waals surface area contributed by atoms with E-state index in [4.69, 9.17) is 4.42 Å². The maximum atomic E-state index is 6.49. The number of hydrogen-bond acceptors (Lipinski definition) is 2. The zero-order chi connectivity index (χ0) is 40.2. The second-order valence-corrected chi connectivity index (χ2v) is 17.6. The molecule has 3 aromatic carbocycles. The summed E-state index contributed by atoms with van der Waals surface area (Å²) in [6.45, 7) is 14.2. The van der Waals surface area contributed by atoms with Crippen molar-refractivity contribution in [2.24, 2.45) is 11.3 Å². The summed E-state index contributed by atoms with van der Waals surface area (Å²) in [6, 6.07) is 28.6. The summed E-state index contributed by atoms with van der Waals surface area (Å²) >= 11 is 0. The molecule has 0 fully saturated rings. The SMILES string of the molecule is CC/C(=C\CCC(C)c1ccccc1)N(C1=CC=C(c2cccc(C3=CCCC=C3)c2)CC1)C(=C/C(C)C)/C=C1\CC2=C(C=Cc3c(oc4ccccc34)C2)C1(C)C. The Bertz CT molecular complexity index is 2440. The van der Waals surface area contributed by atoms with Crippen LogP contribution in [-0.2, 0) is 6.42 Å². The van der Waals surface area contributed by atoms with E-state index in [0.717, 1.165) is 69.1 Å². The van der Waals surface area contributed by atoms with E-state index < -0.39 is 0 Å². The maximum absolute atomic E-state index is 6.49. The van der Waals surface area contributed by atoms with Gasteiger partial charge in [0, 0.05) is 39.9 Å². The van der Waals surface area contributed by atoms with E-state index in [2.05, 4.69) is 186 Å². The van der Waals surface area contributed by atoms with Crippen molar-refractivity contribution in [1.82, 2.24) is 4.90 Å². The fourth-order valence-corrected chi connectivity index (χ4v) is 9.51. The van der Waals surface area contributed by atoms with Crippen LogP contribution in [0.15, 0.2) is 172 Å². The van der Waals surface area contributed by atoms with Crippen LogP contribution in [0.4, 0.5) is 0 Å². The van der Waals surface area contributed by atoms with Crippen LogP contribution >= 0.6 is 0 Å². The van der Waals surface area contributed by atoms with Gasteiger partial charge in [-0.3, -0.25) is 0 Å². The number of allylic oxidation sites excluding steroid dienone is 16. The maximum Gasteiger partial charge on any atom is 0.134 e. The number of fused-ring (bicyclic) bond motifs is 3. The number of para-hydroxylation sites is 1. The third-order valence-electron chi connectivity index (χ3n) is 12.8. The van der Waals surface area contributed by atoms with E-state index in [-0.39, 0.29) is 5.41 Å². The van der Waals surface area contributed by atoms with Gasteiger partial charge in [-0.2, -0.15) is 0 Å². The van der Waals surface area contributed by atoms with Gasteiger partial charge in [-0.1, -0.05) is 168 Å². The van der Waals surface area contributed by atoms with Crippen molar-refractivity contribution in [2.45, 2.75) is 105 Å². The van der Waals surface area contributed by atoms with Gasteiger partial charge in [-0.25, -0.2) is 0 Å². The highest BCUT2D eigenvalue weighted by atomic mass is 16.3. The summed E-state index contributed by atoms with van der Waals surface area (Å²) in [5.74, 6) is 1.99. The molecule has 0 bridgehead atoms. The minimum atomic E-state index is -0.101. The quantitative estimate of drug-likeness (QED) is 0.143. The smallest absolute Gasteiger partial charge is 0.134 e. The molecule has 0 N–H and O–H groups in total. The summed E-state index contributed by atoms with van der Waals surface area (Å²) in [7, 11) is 0. The predicted molar refractivity (Wildman–Crippen MR) is 248 cm³/mol. The summed E-state index contributed by atoms with van der Waals surface area (Å²) in [5.41, 5.74) is 17.4. The van der Waals surface area contributed by atoms with Gasteiger partial charge in [0.05, 0.1) is 0 Å². The second kappa shape index (κ2) is 17.3. The Hall–Kier alpha value is -5.34. The van der Waals surface area contributed by atoms with Gasteiger partial charge in [-0.05, 0) is 121 Å². The topological polar surface area (TPSA) is 16.4 Å². The van der Waals surface area contributed by atoms with Crippen LogP contribution in [0.5, 0.6) is 0 Å². The molecule has 0 spiro atoms. The van der Waals surface area contributed by atoms with Crippen molar-refractivity contribution in [1.29, 1.82) is 0 Å². The highest BCUT2D eigenvalue weighted by Gasteiger charge is 2.38. The average Bonchev–Trinajstić information content (AvgIpc) is 3.63. The van der Waals surface area contributed by atoms with Gasteiger partial charge in [0.2, 0.25) is 0 Å². The molecule has 4 aromatic rings. The molecule has 0 saturated heterocycles. The van der Waals surface area contributed by atoms with E-state index in [1.807, 2.05) is 0 Å². The van der Waals surface area contributed by atoms with Crippen molar-refractivity contribution in [3.63, 3.8) is 0 Å². The van der Waals surface area contributed by atoms with E-state index in [9.17, 15) is 0 Å². The summed E-state index contributed by atoms with van der Waals surface area (Å²) in [4.78, 5) is 2.65. The first-order valence-electron chi connectivity index (χ1n) is 21.9. The molecular formula is C56H61NO. The Balaban J connectivity index is 1.15. The van der Waals surface area contributed by atoms with Crippen LogP contribution in [0.3, 0.4) is 0 Å². The summed E-state index contributed by atoms with van der Waals surface area (Å²) < 4.78 is 6.49. The monoisotopic (exact) mass is 763 g/mol. The highest BCUT2D eigenvalue weighted by molar-refractivity contribution is 5.89. The van der Waals surface area contributed by atoms with Crippen molar-refractivity contribution < 1.29 is 4.42 Å². The largest absolute Gasteiger partial charge is 0.460 e. The molecule has 1 aromatic heterocycles. The van der Waals surface area contributed by atoms with Gasteiger partial charge in [0.25, 0.3) is 0 Å². The Kier molecular flexibility index (Phi) is 11.7. The van der Waals surface area contributed by atoms with Crippen LogP contribution in [0.2, 0.25) is 0 Å². The van der Waals surface area contributed by atoms with E-state index in [1.54, 1.807) is 0 Å². The molecule has 0 radical (unpaired) electrons. The Labute approximate surface area is 348 Å². The first-order chi connectivity index (χ1) is 28.2. The molecule has 4 aliphatic rings. The summed E-state index contributed by atoms with van der Waals surface area (Å²) in [5, 5.41) is 1.21. The average molecular weight is 764 g/mol. The van der Waals surface area contributed by atoms with Crippen LogP contribution < -0.4 is 0 Å². The lowest BCUT2D eigenvalue weighted by atomic mass is 9.80. The molecule has 8 rings (SSSR count). The van der Waals surface area contributed by atoms with Crippen molar-refractivity contribution in [3.8, 4) is 0 Å². The second-order valence-electron chi connectivity index (χ2n) is 17.6. The van der Waals surface area contributed by atoms with Crippen molar-refractivity contribution >= 4 is 28.2 Å². The van der Waals surface area contributed by atoms with Crippen LogP contribution in [0.25, 0.3) is 28.2 Å². The Morgan fingerprint density at radius 2 is 1.66 bits per heavy atom. The Morgan fingerprint density at radius 1 is 0.845 bits per heavy atom. The molecular weight excluding hydrogens is 703 g/mol. The minimum Gasteiger partial charge on any atom is -0.460 e. The molecule has 58 heavy (non-hydrogen) atoms. The zero-order valence-electron chi connectivity index (χ0n) is 35.7. The molecule has 2 nitrogen and oxygen atoms in total. The number of furan rings is 1. The Morgan fingerprint density at radius 3 is 2.41 bits per heavy atom. The fraction of sp³-hybridized carbons (Fsp3) is 0.321. The molecule has 1 heterocycles. The number of rotatable bonds is 12. The van der Waals surface area contributed by atoms with Gasteiger partial charge >= 0.3 is 0 Å². The van der Waals surface area contributed by atoms with E-state index >= 15 is 0 Å². The normalized spacial score (nSPS) is 19.2. The van der Waals surface area contributed by atoms with Crippen molar-refractivity contribution in [2.75, 3.05) is 0 Å². The third kappa shape index (κ3) is 8.30. The van der Waals surface area contributed by atoms with E-state index in [1.165, 1.54) is 72.6 Å². The first kappa shape index (κ1) is 39.5. The molecule has 1 atom stereocenters. The van der Waals surface area contributed by atoms with Gasteiger partial charge in [0.15, 0.2) is 0 Å². The van der Waals surface area contributed by atoms with Gasteiger partial charge in [-0.15, -0.1) is 0 Å². The lowest BCUT2D eigenvalue weighted by molar-refractivity contribution is 0.483. The number of nitrogens with zero attached hydrogens (tertiary/aromatic N) is 1. The van der Waals surface area contributed by atoms with Crippen molar-refractivity contribution in [3.05, 3.63) is 195 Å². The fourth-order valence-electron chi connectivity index (χ4n) is 9.51. The van der Waals surface area contributed by atoms with Crippen LogP contribution in [0.1, 0.15) is 127 Å². The van der Waals surface area contributed by atoms with Crippen LogP contribution in [-0.4, -0.2) is 4.90 Å². The first-order valence-corrected chi connectivity index (χ1v) is 21.9. The molecule has 4 aliphatic carbocycles. The predicted octanol–water partition coefficient (Wildman–Crippen LogP) is 15.9. The highest BCUT2D eigenvalue weighted by Crippen LogP contribution is 2.51. The lowest BCUT2D eigenvalue weighted by Gasteiger charge is -2.34. The van der Waals surface area contributed by atoms with Gasteiger partial charge < -0.3 is 9.32 Å². The molecule has 296 valence electrons. The van der Waals surface area contributed by atoms with E-state index in [0.29, 0.717) is 11.8 Å². The third-order valence-corrected chi connectivity index (χ3v) is 12.8. The number of hydrogen-bond donors (Lipinski definition) is 0. The van der Waals surface area contributed by atoms with Gasteiger partial charge in [0.1, 0.15) is 11.3 Å². The zero-order valence-corrected chi connectivity index (χ0v) is 35.7. The molecule has 0 aliphatic heterocycles. The standard InChI is InChI=1S/C56H61NO/c1-7-48(25-16-18-40(4)41-19-10-8-11-20-41)57(49-30-28-43(29-31-49)45-24-17-23-44(35-45)42-21-12-9-13-22-42)50(34-39(2)3)38-47-36-46-37-55-52(32-33-53(46)56(47,5)6)51-26-14-15-27-54(51)58-55/h8,10-12,14-15,17,19-28,30,32-35,38-40H,7,9,13,16,18,29,31,36-37H2,1-6H3/b47-38+,48-25+,50-34+. The van der Waals surface area contributed by atoms with Crippen LogP contribution in [0, 0.1) is 11.3 Å². The molecule has 0 saturated carbocycles. The lowest BCUT2D eigenvalue weighted by Crippen LogP contribution is -2.24. The molecule has 2 heteroatoms.